The van der Waals surface area contributed by atoms with Crippen molar-refractivity contribution in [1.29, 1.82) is 0 Å². The molecule has 0 bridgehead atoms. The van der Waals surface area contributed by atoms with Crippen molar-refractivity contribution >= 4 is 39.0 Å². The third-order valence-corrected chi connectivity index (χ3v) is 6.46. The Morgan fingerprint density at radius 2 is 1.71 bits per heavy atom. The largest absolute Gasteiger partial charge is 0.298 e. The number of nitrogens with zero attached hydrogens (tertiary/aromatic N) is 1. The summed E-state index contributed by atoms with van der Waals surface area (Å²) in [5.74, 6) is 1.30. The van der Waals surface area contributed by atoms with E-state index < -0.39 is 10.0 Å². The smallest absolute Gasteiger partial charge is 0.268 e. The molecule has 2 aromatic carbocycles. The number of aldehydes is 1. The predicted octanol–water partition coefficient (Wildman–Crippen LogP) is 3.94. The number of aromatic nitrogens is 1. The predicted molar refractivity (Wildman–Crippen MR) is 98.2 cm³/mol. The topological polar surface area (TPSA) is 56.1 Å². The molecule has 6 heteroatoms. The van der Waals surface area contributed by atoms with Crippen LogP contribution in [0.1, 0.15) is 23.0 Å². The van der Waals surface area contributed by atoms with Gasteiger partial charge in [0.25, 0.3) is 10.0 Å². The molecule has 0 amide bonds. The summed E-state index contributed by atoms with van der Waals surface area (Å²) in [5.41, 5.74) is 1.52. The molecule has 24 heavy (non-hydrogen) atoms. The third kappa shape index (κ3) is 2.76. The van der Waals surface area contributed by atoms with E-state index in [1.54, 1.807) is 60.3 Å². The van der Waals surface area contributed by atoms with Crippen LogP contribution in [0.5, 0.6) is 0 Å². The van der Waals surface area contributed by atoms with Crippen molar-refractivity contribution in [3.63, 3.8) is 0 Å². The zero-order chi connectivity index (χ0) is 17.2. The van der Waals surface area contributed by atoms with Crippen LogP contribution in [0.4, 0.5) is 0 Å². The standard InChI is InChI=1S/C18H17NO3S2/c1-2-23-13-18-16(12-20)15-10-6-7-11-17(15)19(18)24(21,22)14-8-4-3-5-9-14/h3-12H,2,13H2,1H3. The van der Waals surface area contributed by atoms with Gasteiger partial charge in [-0.1, -0.05) is 43.3 Å². The van der Waals surface area contributed by atoms with Crippen LogP contribution in [0.3, 0.4) is 0 Å². The van der Waals surface area contributed by atoms with Crippen molar-refractivity contribution in [2.45, 2.75) is 17.6 Å². The number of para-hydroxylation sites is 1. The number of hydrogen-bond donors (Lipinski definition) is 0. The van der Waals surface area contributed by atoms with Crippen molar-refractivity contribution in [3.05, 3.63) is 65.9 Å². The summed E-state index contributed by atoms with van der Waals surface area (Å²) in [4.78, 5) is 11.9. The van der Waals surface area contributed by atoms with Crippen LogP contribution >= 0.6 is 11.8 Å². The molecule has 0 unspecified atom stereocenters. The molecule has 0 atom stereocenters. The second-order valence-electron chi connectivity index (χ2n) is 5.22. The first kappa shape index (κ1) is 16.8. The van der Waals surface area contributed by atoms with E-state index in [9.17, 15) is 13.2 Å². The second kappa shape index (κ2) is 6.83. The van der Waals surface area contributed by atoms with E-state index in [0.29, 0.717) is 27.9 Å². The fourth-order valence-corrected chi connectivity index (χ4v) is 5.07. The first-order valence-electron chi connectivity index (χ1n) is 7.57. The number of benzene rings is 2. The van der Waals surface area contributed by atoms with E-state index in [0.717, 1.165) is 12.0 Å². The lowest BCUT2D eigenvalue weighted by Gasteiger charge is -2.12. The molecular formula is C18H17NO3S2. The second-order valence-corrected chi connectivity index (χ2v) is 8.28. The third-order valence-electron chi connectivity index (χ3n) is 3.81. The Bertz CT molecular complexity index is 976. The van der Waals surface area contributed by atoms with Crippen LogP contribution in [0.2, 0.25) is 0 Å². The summed E-state index contributed by atoms with van der Waals surface area (Å²) < 4.78 is 27.7. The molecular weight excluding hydrogens is 342 g/mol. The van der Waals surface area contributed by atoms with E-state index in [4.69, 9.17) is 0 Å². The molecule has 0 saturated heterocycles. The maximum atomic E-state index is 13.2. The van der Waals surface area contributed by atoms with Gasteiger partial charge in [-0.3, -0.25) is 4.79 Å². The first-order chi connectivity index (χ1) is 11.6. The van der Waals surface area contributed by atoms with Crippen LogP contribution in [0.25, 0.3) is 10.9 Å². The van der Waals surface area contributed by atoms with E-state index in [1.165, 1.54) is 3.97 Å². The fourth-order valence-electron chi connectivity index (χ4n) is 2.73. The summed E-state index contributed by atoms with van der Waals surface area (Å²) in [5, 5.41) is 0.665. The van der Waals surface area contributed by atoms with E-state index in [2.05, 4.69) is 0 Å². The molecule has 0 fully saturated rings. The van der Waals surface area contributed by atoms with Gasteiger partial charge in [0.15, 0.2) is 6.29 Å². The molecule has 0 aliphatic heterocycles. The Labute approximate surface area is 145 Å². The number of carbonyl (C=O) groups excluding carboxylic acids is 1. The summed E-state index contributed by atoms with van der Waals surface area (Å²) in [6.07, 6.45) is 0.755. The lowest BCUT2D eigenvalue weighted by atomic mass is 10.1. The molecule has 0 aliphatic rings. The van der Waals surface area contributed by atoms with Crippen LogP contribution in [-0.4, -0.2) is 24.4 Å². The molecule has 1 aromatic heterocycles. The Kier molecular flexibility index (Phi) is 4.78. The van der Waals surface area contributed by atoms with Gasteiger partial charge in [0.1, 0.15) is 0 Å². The summed E-state index contributed by atoms with van der Waals surface area (Å²) in [6.45, 7) is 2.00. The van der Waals surface area contributed by atoms with E-state index in [1.807, 2.05) is 13.0 Å². The van der Waals surface area contributed by atoms with Gasteiger partial charge in [-0.05, 0) is 24.0 Å². The highest BCUT2D eigenvalue weighted by atomic mass is 32.2. The molecule has 0 radical (unpaired) electrons. The Hall–Kier alpha value is -2.05. The average Bonchev–Trinajstić information content (AvgIpc) is 2.94. The molecule has 4 nitrogen and oxygen atoms in total. The van der Waals surface area contributed by atoms with E-state index >= 15 is 0 Å². The molecule has 0 saturated carbocycles. The monoisotopic (exact) mass is 359 g/mol. The van der Waals surface area contributed by atoms with Crippen LogP contribution in [-0.2, 0) is 15.8 Å². The number of carbonyl (C=O) groups is 1. The van der Waals surface area contributed by atoms with Gasteiger partial charge in [-0.2, -0.15) is 11.8 Å². The Morgan fingerprint density at radius 1 is 1.04 bits per heavy atom. The number of fused-ring (bicyclic) bond motifs is 1. The van der Waals surface area contributed by atoms with Gasteiger partial charge < -0.3 is 0 Å². The molecule has 0 aliphatic carbocycles. The minimum atomic E-state index is -3.77. The van der Waals surface area contributed by atoms with Gasteiger partial charge in [0, 0.05) is 16.7 Å². The Balaban J connectivity index is 2.36. The fraction of sp³-hybridized carbons (Fsp3) is 0.167. The van der Waals surface area contributed by atoms with Crippen LogP contribution in [0.15, 0.2) is 59.5 Å². The van der Waals surface area contributed by atoms with Gasteiger partial charge in [0.05, 0.1) is 16.1 Å². The van der Waals surface area contributed by atoms with Crippen molar-refractivity contribution in [2.75, 3.05) is 5.75 Å². The van der Waals surface area contributed by atoms with Crippen molar-refractivity contribution < 1.29 is 13.2 Å². The first-order valence-corrected chi connectivity index (χ1v) is 10.2. The highest BCUT2D eigenvalue weighted by Gasteiger charge is 2.26. The molecule has 3 aromatic rings. The minimum absolute atomic E-state index is 0.214. The average molecular weight is 359 g/mol. The zero-order valence-corrected chi connectivity index (χ0v) is 14.8. The highest BCUT2D eigenvalue weighted by molar-refractivity contribution is 7.98. The maximum Gasteiger partial charge on any atom is 0.268 e. The lowest BCUT2D eigenvalue weighted by Crippen LogP contribution is -2.16. The van der Waals surface area contributed by atoms with Crippen molar-refractivity contribution in [1.82, 2.24) is 3.97 Å². The molecule has 124 valence electrons. The van der Waals surface area contributed by atoms with Gasteiger partial charge in [-0.15, -0.1) is 0 Å². The molecule has 0 N–H and O–H groups in total. The normalized spacial score (nSPS) is 11.7. The van der Waals surface area contributed by atoms with Crippen LogP contribution in [0, 0.1) is 0 Å². The number of hydrogen-bond acceptors (Lipinski definition) is 4. The van der Waals surface area contributed by atoms with E-state index in [-0.39, 0.29) is 4.90 Å². The zero-order valence-electron chi connectivity index (χ0n) is 13.2. The summed E-state index contributed by atoms with van der Waals surface area (Å²) in [6, 6.07) is 15.4. The van der Waals surface area contributed by atoms with Gasteiger partial charge >= 0.3 is 0 Å². The molecule has 3 rings (SSSR count). The quantitative estimate of drug-likeness (QED) is 0.626. The van der Waals surface area contributed by atoms with Gasteiger partial charge in [0.2, 0.25) is 0 Å². The summed E-state index contributed by atoms with van der Waals surface area (Å²) in [7, 11) is -3.77. The number of rotatable bonds is 6. The SMILES string of the molecule is CCSCc1c(C=O)c2ccccc2n1S(=O)(=O)c1ccccc1. The molecule has 1 heterocycles. The Morgan fingerprint density at radius 3 is 2.38 bits per heavy atom. The maximum absolute atomic E-state index is 13.2. The number of thioether (sulfide) groups is 1. The lowest BCUT2D eigenvalue weighted by molar-refractivity contribution is 0.112. The minimum Gasteiger partial charge on any atom is -0.298 e. The van der Waals surface area contributed by atoms with Crippen molar-refractivity contribution in [3.8, 4) is 0 Å². The van der Waals surface area contributed by atoms with Crippen LogP contribution < -0.4 is 0 Å². The highest BCUT2D eigenvalue weighted by Crippen LogP contribution is 2.31. The van der Waals surface area contributed by atoms with Gasteiger partial charge in [-0.25, -0.2) is 12.4 Å². The molecule has 0 spiro atoms. The van der Waals surface area contributed by atoms with Crippen molar-refractivity contribution in [2.24, 2.45) is 0 Å². The summed E-state index contributed by atoms with van der Waals surface area (Å²) >= 11 is 1.59.